The molecule has 10 rings (SSSR count). The van der Waals surface area contributed by atoms with Crippen LogP contribution in [0.1, 0.15) is 17.7 Å². The third-order valence-corrected chi connectivity index (χ3v) is 9.80. The summed E-state index contributed by atoms with van der Waals surface area (Å²) in [7, 11) is 0. The molecule has 0 amide bonds. The molecule has 1 aliphatic rings. The minimum atomic E-state index is 0.643. The van der Waals surface area contributed by atoms with Crippen LogP contribution in [-0.4, -0.2) is 24.5 Å². The van der Waals surface area contributed by atoms with Gasteiger partial charge in [-0.05, 0) is 82.2 Å². The van der Waals surface area contributed by atoms with Crippen molar-refractivity contribution in [2.75, 3.05) is 0 Å². The van der Waals surface area contributed by atoms with E-state index >= 15 is 0 Å². The molecule has 3 heterocycles. The first-order valence-corrected chi connectivity index (χ1v) is 16.7. The number of hydrogen-bond acceptors (Lipinski definition) is 4. The van der Waals surface area contributed by atoms with E-state index in [2.05, 4.69) is 131 Å². The van der Waals surface area contributed by atoms with Crippen LogP contribution in [0.25, 0.3) is 89.1 Å². The Labute approximate surface area is 282 Å². The molecule has 0 unspecified atom stereocenters. The average molecular weight is 628 g/mol. The molecular weight excluding hydrogens is 599 g/mol. The van der Waals surface area contributed by atoms with E-state index in [0.717, 1.165) is 56.8 Å². The van der Waals surface area contributed by atoms with E-state index in [0.29, 0.717) is 17.5 Å². The fraction of sp³-hybridized carbons (Fsp3) is 0.0455. The zero-order valence-corrected chi connectivity index (χ0v) is 26.6. The number of fused-ring (bicyclic) bond motifs is 8. The predicted molar refractivity (Wildman–Crippen MR) is 201 cm³/mol. The number of hydrogen-bond donors (Lipinski definition) is 0. The number of rotatable bonds is 4. The molecule has 5 nitrogen and oxygen atoms in total. The lowest BCUT2D eigenvalue weighted by molar-refractivity contribution is 0.888. The Hall–Kier alpha value is -6.46. The summed E-state index contributed by atoms with van der Waals surface area (Å²) in [4.78, 5) is 19.8. The molecule has 0 fully saturated rings. The SMILES string of the molecule is C1=Cc2c(n(-c3ccc(-c4nc(-c5ccccc5)nc(-c5cc6c7ccncc7ccc6c6ccccc56)n4)cc3)c3ccccc23)CC1. The Morgan fingerprint density at radius 3 is 2.06 bits per heavy atom. The van der Waals surface area contributed by atoms with Crippen LogP contribution in [0.3, 0.4) is 0 Å². The Morgan fingerprint density at radius 1 is 0.531 bits per heavy atom. The van der Waals surface area contributed by atoms with E-state index in [1.807, 2.05) is 30.6 Å². The second-order valence-corrected chi connectivity index (χ2v) is 12.6. The van der Waals surface area contributed by atoms with Crippen molar-refractivity contribution in [1.82, 2.24) is 24.5 Å². The van der Waals surface area contributed by atoms with E-state index in [9.17, 15) is 0 Å². The Balaban J connectivity index is 1.18. The highest BCUT2D eigenvalue weighted by atomic mass is 15.0. The molecule has 6 aromatic carbocycles. The summed E-state index contributed by atoms with van der Waals surface area (Å²) in [5.41, 5.74) is 7.91. The van der Waals surface area contributed by atoms with Gasteiger partial charge in [0.05, 0.1) is 5.52 Å². The van der Waals surface area contributed by atoms with Crippen LogP contribution in [0.2, 0.25) is 0 Å². The molecule has 49 heavy (non-hydrogen) atoms. The molecule has 0 saturated heterocycles. The van der Waals surface area contributed by atoms with Crippen molar-refractivity contribution < 1.29 is 0 Å². The van der Waals surface area contributed by atoms with Gasteiger partial charge < -0.3 is 4.57 Å². The summed E-state index contributed by atoms with van der Waals surface area (Å²) < 4.78 is 2.41. The van der Waals surface area contributed by atoms with Crippen LogP contribution < -0.4 is 0 Å². The van der Waals surface area contributed by atoms with Gasteiger partial charge in [-0.2, -0.15) is 0 Å². The molecule has 0 spiro atoms. The third kappa shape index (κ3) is 4.47. The lowest BCUT2D eigenvalue weighted by Gasteiger charge is -2.15. The van der Waals surface area contributed by atoms with Crippen LogP contribution >= 0.6 is 0 Å². The zero-order valence-electron chi connectivity index (χ0n) is 26.6. The van der Waals surface area contributed by atoms with Crippen LogP contribution in [0.15, 0.2) is 146 Å². The zero-order chi connectivity index (χ0) is 32.3. The summed E-state index contributed by atoms with van der Waals surface area (Å²) >= 11 is 0. The second kappa shape index (κ2) is 11.1. The smallest absolute Gasteiger partial charge is 0.164 e. The van der Waals surface area contributed by atoms with Gasteiger partial charge >= 0.3 is 0 Å². The first-order valence-electron chi connectivity index (χ1n) is 16.7. The molecule has 1 aliphatic carbocycles. The van der Waals surface area contributed by atoms with Gasteiger partial charge in [-0.1, -0.05) is 97.1 Å². The number of allylic oxidation sites excluding steroid dienone is 1. The van der Waals surface area contributed by atoms with Crippen molar-refractivity contribution in [3.8, 4) is 39.9 Å². The van der Waals surface area contributed by atoms with Crippen molar-refractivity contribution in [1.29, 1.82) is 0 Å². The van der Waals surface area contributed by atoms with Crippen molar-refractivity contribution >= 4 is 49.3 Å². The van der Waals surface area contributed by atoms with E-state index in [-0.39, 0.29) is 0 Å². The van der Waals surface area contributed by atoms with E-state index < -0.39 is 0 Å². The predicted octanol–water partition coefficient (Wildman–Crippen LogP) is 10.6. The molecule has 9 aromatic rings. The fourth-order valence-electron chi connectivity index (χ4n) is 7.51. The number of aromatic nitrogens is 5. The monoisotopic (exact) mass is 627 g/mol. The van der Waals surface area contributed by atoms with Gasteiger partial charge in [-0.25, -0.2) is 15.0 Å². The quantitative estimate of drug-likeness (QED) is 0.182. The number of pyridine rings is 1. The van der Waals surface area contributed by atoms with Crippen molar-refractivity contribution in [3.63, 3.8) is 0 Å². The molecule has 0 N–H and O–H groups in total. The molecule has 0 atom stereocenters. The van der Waals surface area contributed by atoms with E-state index in [1.54, 1.807) is 0 Å². The third-order valence-electron chi connectivity index (χ3n) is 9.80. The van der Waals surface area contributed by atoms with Gasteiger partial charge in [-0.3, -0.25) is 4.98 Å². The van der Waals surface area contributed by atoms with Gasteiger partial charge in [0, 0.05) is 56.8 Å². The van der Waals surface area contributed by atoms with Gasteiger partial charge in [-0.15, -0.1) is 0 Å². The highest BCUT2D eigenvalue weighted by Crippen LogP contribution is 2.38. The topological polar surface area (TPSA) is 56.5 Å². The van der Waals surface area contributed by atoms with E-state index in [1.165, 1.54) is 32.9 Å². The van der Waals surface area contributed by atoms with Crippen LogP contribution in [0.5, 0.6) is 0 Å². The molecule has 3 aromatic heterocycles. The highest BCUT2D eigenvalue weighted by molar-refractivity contribution is 6.20. The van der Waals surface area contributed by atoms with Crippen LogP contribution in [-0.2, 0) is 6.42 Å². The van der Waals surface area contributed by atoms with Crippen LogP contribution in [0.4, 0.5) is 0 Å². The summed E-state index contributed by atoms with van der Waals surface area (Å²) in [6.45, 7) is 0. The van der Waals surface area contributed by atoms with Gasteiger partial charge in [0.1, 0.15) is 0 Å². The van der Waals surface area contributed by atoms with Gasteiger partial charge in [0.25, 0.3) is 0 Å². The molecule has 230 valence electrons. The van der Waals surface area contributed by atoms with Gasteiger partial charge in [0.15, 0.2) is 17.5 Å². The molecule has 0 bridgehead atoms. The number of benzene rings is 6. The molecule has 0 aliphatic heterocycles. The maximum absolute atomic E-state index is 5.20. The summed E-state index contributed by atoms with van der Waals surface area (Å²) in [6, 6.07) is 44.7. The minimum Gasteiger partial charge on any atom is -0.313 e. The Bertz CT molecular complexity index is 2760. The van der Waals surface area contributed by atoms with Crippen molar-refractivity contribution in [2.24, 2.45) is 0 Å². The normalized spacial score (nSPS) is 12.7. The summed E-state index contributed by atoms with van der Waals surface area (Å²) in [5.74, 6) is 1.94. The Kier molecular flexibility index (Phi) is 6.24. The first kappa shape index (κ1) is 27.6. The summed E-state index contributed by atoms with van der Waals surface area (Å²) in [5, 5.41) is 8.17. The first-order chi connectivity index (χ1) is 24.3. The standard InChI is InChI=1S/C44H29N5/c1-2-10-28(11-3-1)42-46-43(29-18-21-31(22-19-29)49-40-16-8-6-14-36(40)37-15-7-9-17-41(37)49)48-44(47-42)39-26-38-32-24-25-45-27-30(32)20-23-35(38)33-12-4-5-13-34(33)39/h1-8,10-16,18-27H,9,17H2. The largest absolute Gasteiger partial charge is 0.313 e. The van der Waals surface area contributed by atoms with Gasteiger partial charge in [0.2, 0.25) is 0 Å². The Morgan fingerprint density at radius 2 is 1.22 bits per heavy atom. The lowest BCUT2D eigenvalue weighted by Crippen LogP contribution is -2.03. The molecule has 5 heteroatoms. The fourth-order valence-corrected chi connectivity index (χ4v) is 7.51. The average Bonchev–Trinajstić information content (AvgIpc) is 3.52. The number of nitrogens with zero attached hydrogens (tertiary/aromatic N) is 5. The molecular formula is C44H29N5. The maximum atomic E-state index is 5.20. The highest BCUT2D eigenvalue weighted by Gasteiger charge is 2.20. The van der Waals surface area contributed by atoms with Crippen LogP contribution in [0, 0.1) is 0 Å². The maximum Gasteiger partial charge on any atom is 0.164 e. The molecule has 0 radical (unpaired) electrons. The summed E-state index contributed by atoms with van der Waals surface area (Å²) in [6.07, 6.45) is 10.4. The van der Waals surface area contributed by atoms with Crippen molar-refractivity contribution in [2.45, 2.75) is 12.8 Å². The number of para-hydroxylation sites is 1. The lowest BCUT2D eigenvalue weighted by atomic mass is 9.94. The van der Waals surface area contributed by atoms with E-state index in [4.69, 9.17) is 15.0 Å². The van der Waals surface area contributed by atoms with Crippen molar-refractivity contribution in [3.05, 3.63) is 157 Å². The second-order valence-electron chi connectivity index (χ2n) is 12.6. The minimum absolute atomic E-state index is 0.643. The molecule has 0 saturated carbocycles.